The van der Waals surface area contributed by atoms with Crippen LogP contribution in [0.2, 0.25) is 5.02 Å². The second kappa shape index (κ2) is 8.77. The van der Waals surface area contributed by atoms with Crippen LogP contribution in [0.1, 0.15) is 29.2 Å². The number of amides is 2. The number of anilines is 1. The zero-order valence-electron chi connectivity index (χ0n) is 17.4. The highest BCUT2D eigenvalue weighted by Crippen LogP contribution is 2.38. The third kappa shape index (κ3) is 4.73. The lowest BCUT2D eigenvalue weighted by molar-refractivity contribution is -0.190. The number of alkyl halides is 3. The standard InChI is InChI=1S/C21H20ClF4N5O2/c1-31(19(33)11-5-16(32)27-7-11)18(21(24,25)26)12-8-28-20(29-9-12)30-13-4-10-2-3-15(22)17(23)14(10)6-13/h2-3,8-9,11,13,18H,4-7H2,1H3,(H,27,32)(H,28,29,30)/t11-,13?,18?/m0/s1. The van der Waals surface area contributed by atoms with Crippen LogP contribution < -0.4 is 10.6 Å². The van der Waals surface area contributed by atoms with Gasteiger partial charge >= 0.3 is 6.18 Å². The molecule has 2 N–H and O–H groups in total. The Balaban J connectivity index is 1.47. The fourth-order valence-electron chi connectivity index (χ4n) is 4.29. The fourth-order valence-corrected chi connectivity index (χ4v) is 4.47. The average Bonchev–Trinajstić information content (AvgIpc) is 3.37. The molecule has 0 radical (unpaired) electrons. The molecule has 0 saturated carbocycles. The van der Waals surface area contributed by atoms with E-state index in [1.54, 1.807) is 6.07 Å². The normalized spacial score (nSPS) is 20.8. The van der Waals surface area contributed by atoms with E-state index in [2.05, 4.69) is 20.6 Å². The predicted molar refractivity (Wildman–Crippen MR) is 111 cm³/mol. The van der Waals surface area contributed by atoms with Gasteiger partial charge in [0.1, 0.15) is 5.82 Å². The number of hydrogen-bond donors (Lipinski definition) is 2. The van der Waals surface area contributed by atoms with Crippen molar-refractivity contribution in [1.29, 1.82) is 0 Å². The third-order valence-electron chi connectivity index (χ3n) is 5.90. The maximum absolute atomic E-state index is 14.2. The summed E-state index contributed by atoms with van der Waals surface area (Å²) in [5.41, 5.74) is 0.977. The van der Waals surface area contributed by atoms with Gasteiger partial charge in [0.25, 0.3) is 0 Å². The van der Waals surface area contributed by atoms with E-state index in [0.717, 1.165) is 25.0 Å². The Morgan fingerprint density at radius 1 is 1.24 bits per heavy atom. The van der Waals surface area contributed by atoms with Crippen LogP contribution in [-0.2, 0) is 22.4 Å². The molecule has 4 rings (SSSR count). The Hall–Kier alpha value is -2.95. The van der Waals surface area contributed by atoms with Gasteiger partial charge in [0.15, 0.2) is 6.04 Å². The zero-order valence-corrected chi connectivity index (χ0v) is 18.2. The van der Waals surface area contributed by atoms with E-state index in [9.17, 15) is 27.2 Å². The molecule has 2 heterocycles. The van der Waals surface area contributed by atoms with Crippen LogP contribution in [0.5, 0.6) is 0 Å². The number of nitrogens with one attached hydrogen (secondary N) is 2. The number of carbonyl (C=O) groups is 2. The second-order valence-electron chi connectivity index (χ2n) is 8.19. The van der Waals surface area contributed by atoms with Crippen molar-refractivity contribution in [2.24, 2.45) is 5.92 Å². The monoisotopic (exact) mass is 485 g/mol. The Morgan fingerprint density at radius 2 is 1.94 bits per heavy atom. The lowest BCUT2D eigenvalue weighted by Gasteiger charge is -2.31. The van der Waals surface area contributed by atoms with Crippen molar-refractivity contribution < 1.29 is 27.2 Å². The quantitative estimate of drug-likeness (QED) is 0.636. The number of fused-ring (bicyclic) bond motifs is 1. The third-order valence-corrected chi connectivity index (χ3v) is 6.19. The molecule has 2 aliphatic rings. The maximum Gasteiger partial charge on any atom is 0.413 e. The van der Waals surface area contributed by atoms with E-state index in [0.29, 0.717) is 23.3 Å². The Kier molecular flexibility index (Phi) is 6.17. The van der Waals surface area contributed by atoms with E-state index < -0.39 is 29.9 Å². The maximum atomic E-state index is 14.2. The Morgan fingerprint density at radius 3 is 2.55 bits per heavy atom. The lowest BCUT2D eigenvalue weighted by atomic mass is 10.0. The van der Waals surface area contributed by atoms with Crippen molar-refractivity contribution >= 4 is 29.4 Å². The van der Waals surface area contributed by atoms with Gasteiger partial charge in [-0.3, -0.25) is 9.59 Å². The molecule has 1 aliphatic heterocycles. The molecule has 0 spiro atoms. The number of nitrogens with zero attached hydrogens (tertiary/aromatic N) is 3. The van der Waals surface area contributed by atoms with E-state index in [1.807, 2.05) is 0 Å². The zero-order chi connectivity index (χ0) is 23.9. The molecule has 1 aromatic heterocycles. The molecule has 1 fully saturated rings. The number of carbonyl (C=O) groups excluding carboxylic acids is 2. The van der Waals surface area contributed by atoms with Crippen LogP contribution in [0.15, 0.2) is 24.5 Å². The Labute approximate surface area is 191 Å². The lowest BCUT2D eigenvalue weighted by Crippen LogP contribution is -2.43. The van der Waals surface area contributed by atoms with Gasteiger partial charge in [-0.25, -0.2) is 14.4 Å². The van der Waals surface area contributed by atoms with Gasteiger partial charge in [0.2, 0.25) is 17.8 Å². The van der Waals surface area contributed by atoms with Crippen molar-refractivity contribution in [2.75, 3.05) is 18.9 Å². The van der Waals surface area contributed by atoms with E-state index in [1.165, 1.54) is 6.07 Å². The van der Waals surface area contributed by atoms with E-state index in [4.69, 9.17) is 11.6 Å². The number of hydrogen-bond acceptors (Lipinski definition) is 5. The molecule has 2 aromatic rings. The summed E-state index contributed by atoms with van der Waals surface area (Å²) in [6, 6.07) is 0.715. The first-order valence-corrected chi connectivity index (χ1v) is 10.6. The first kappa shape index (κ1) is 23.2. The van der Waals surface area contributed by atoms with Crippen molar-refractivity contribution in [3.63, 3.8) is 0 Å². The molecule has 12 heteroatoms. The number of aromatic nitrogens is 2. The van der Waals surface area contributed by atoms with Gasteiger partial charge in [-0.05, 0) is 30.0 Å². The van der Waals surface area contributed by atoms with E-state index in [-0.39, 0.29) is 41.4 Å². The minimum atomic E-state index is -4.78. The summed E-state index contributed by atoms with van der Waals surface area (Å²) in [7, 11) is 1.05. The molecule has 1 aliphatic carbocycles. The summed E-state index contributed by atoms with van der Waals surface area (Å²) < 4.78 is 55.7. The summed E-state index contributed by atoms with van der Waals surface area (Å²) in [6.45, 7) is 0.00151. The van der Waals surface area contributed by atoms with Crippen LogP contribution in [0.25, 0.3) is 0 Å². The summed E-state index contributed by atoms with van der Waals surface area (Å²) >= 11 is 5.82. The van der Waals surface area contributed by atoms with Gasteiger partial charge in [0.05, 0.1) is 10.9 Å². The van der Waals surface area contributed by atoms with Gasteiger partial charge in [-0.1, -0.05) is 17.7 Å². The van der Waals surface area contributed by atoms with Crippen molar-refractivity contribution in [3.05, 3.63) is 52.1 Å². The summed E-state index contributed by atoms with van der Waals surface area (Å²) in [5, 5.41) is 5.48. The SMILES string of the molecule is CN(C(=O)[C@@H]1CNC(=O)C1)C(c1cnc(NC2Cc3ccc(Cl)c(F)c3C2)nc1)C(F)(F)F. The summed E-state index contributed by atoms with van der Waals surface area (Å²) in [4.78, 5) is 32.4. The first-order valence-electron chi connectivity index (χ1n) is 10.2. The highest BCUT2D eigenvalue weighted by Gasteiger charge is 2.47. The minimum Gasteiger partial charge on any atom is -0.355 e. The Bertz CT molecular complexity index is 1080. The minimum absolute atomic E-state index is 0.00151. The molecular weight excluding hydrogens is 466 g/mol. The van der Waals surface area contributed by atoms with Crippen molar-refractivity contribution in [1.82, 2.24) is 20.2 Å². The molecule has 33 heavy (non-hydrogen) atoms. The van der Waals surface area contributed by atoms with Crippen molar-refractivity contribution in [3.8, 4) is 0 Å². The second-order valence-corrected chi connectivity index (χ2v) is 8.59. The molecule has 2 amide bonds. The van der Waals surface area contributed by atoms with Gasteiger partial charge < -0.3 is 15.5 Å². The summed E-state index contributed by atoms with van der Waals surface area (Å²) in [6.07, 6.45) is -2.08. The van der Waals surface area contributed by atoms with Gasteiger partial charge in [0, 0.05) is 44.0 Å². The number of halogens is 5. The first-order chi connectivity index (χ1) is 15.5. The molecule has 2 unspecified atom stereocenters. The topological polar surface area (TPSA) is 87.2 Å². The predicted octanol–water partition coefficient (Wildman–Crippen LogP) is 3.05. The molecule has 1 saturated heterocycles. The molecule has 1 aromatic carbocycles. The molecule has 7 nitrogen and oxygen atoms in total. The van der Waals surface area contributed by atoms with Crippen LogP contribution in [0, 0.1) is 11.7 Å². The number of benzene rings is 1. The smallest absolute Gasteiger partial charge is 0.355 e. The molecule has 0 bridgehead atoms. The van der Waals surface area contributed by atoms with E-state index >= 15 is 0 Å². The molecular formula is C21H20ClF4N5O2. The van der Waals surface area contributed by atoms with Gasteiger partial charge in [-0.15, -0.1) is 0 Å². The molecule has 176 valence electrons. The van der Waals surface area contributed by atoms with Crippen LogP contribution in [0.3, 0.4) is 0 Å². The van der Waals surface area contributed by atoms with Crippen molar-refractivity contribution in [2.45, 2.75) is 37.5 Å². The highest BCUT2D eigenvalue weighted by atomic mass is 35.5. The summed E-state index contributed by atoms with van der Waals surface area (Å²) in [5.74, 6) is -2.41. The van der Waals surface area contributed by atoms with Gasteiger partial charge in [-0.2, -0.15) is 13.2 Å². The average molecular weight is 486 g/mol. The van der Waals surface area contributed by atoms with Crippen LogP contribution in [-0.4, -0.2) is 52.5 Å². The van der Waals surface area contributed by atoms with Crippen LogP contribution in [0.4, 0.5) is 23.5 Å². The number of rotatable bonds is 5. The van der Waals surface area contributed by atoms with Crippen LogP contribution >= 0.6 is 11.6 Å². The molecule has 3 atom stereocenters. The highest BCUT2D eigenvalue weighted by molar-refractivity contribution is 6.30. The largest absolute Gasteiger partial charge is 0.413 e. The fraction of sp³-hybridized carbons (Fsp3) is 0.429.